The van der Waals surface area contributed by atoms with Crippen LogP contribution < -0.4 is 5.73 Å². The fraction of sp³-hybridized carbons (Fsp3) is 0.846. The van der Waals surface area contributed by atoms with Gasteiger partial charge in [0.15, 0.2) is 0 Å². The molecule has 0 saturated carbocycles. The van der Waals surface area contributed by atoms with Crippen molar-refractivity contribution in [1.82, 2.24) is 0 Å². The van der Waals surface area contributed by atoms with Gasteiger partial charge in [0.25, 0.3) is 0 Å². The van der Waals surface area contributed by atoms with Crippen LogP contribution in [0, 0.1) is 11.8 Å². The Balaban J connectivity index is 4.21. The molecule has 84 valence electrons. The Hall–Kier alpha value is -0.300. The summed E-state index contributed by atoms with van der Waals surface area (Å²) < 4.78 is 0. The molecular weight excluding hydrogens is 170 g/mol. The highest BCUT2D eigenvalue weighted by molar-refractivity contribution is 5.06. The van der Waals surface area contributed by atoms with E-state index in [-0.39, 0.29) is 0 Å². The molecule has 0 heterocycles. The molecule has 1 unspecified atom stereocenters. The lowest BCUT2D eigenvalue weighted by molar-refractivity contribution is 0.582. The van der Waals surface area contributed by atoms with Gasteiger partial charge in [-0.3, -0.25) is 0 Å². The summed E-state index contributed by atoms with van der Waals surface area (Å²) in [5.74, 6) is 1.40. The van der Waals surface area contributed by atoms with Crippen LogP contribution in [0.5, 0.6) is 0 Å². The quantitative estimate of drug-likeness (QED) is 0.645. The molecule has 0 bridgehead atoms. The second kappa shape index (κ2) is 7.05. The predicted octanol–water partition coefficient (Wildman–Crippen LogP) is 3.74. The van der Waals surface area contributed by atoms with Crippen molar-refractivity contribution < 1.29 is 0 Å². The number of rotatable bonds is 6. The second-order valence-electron chi connectivity index (χ2n) is 4.94. The van der Waals surface area contributed by atoms with E-state index >= 15 is 0 Å². The summed E-state index contributed by atoms with van der Waals surface area (Å²) in [5.41, 5.74) is 7.51. The van der Waals surface area contributed by atoms with Crippen molar-refractivity contribution in [2.75, 3.05) is 0 Å². The summed E-state index contributed by atoms with van der Waals surface area (Å²) in [6.07, 6.45) is 5.72. The molecule has 0 aromatic carbocycles. The van der Waals surface area contributed by atoms with Gasteiger partial charge in [0, 0.05) is 6.04 Å². The first-order valence-electron chi connectivity index (χ1n) is 5.91. The maximum atomic E-state index is 5.98. The molecule has 0 spiro atoms. The Labute approximate surface area is 89.8 Å². The maximum absolute atomic E-state index is 5.98. The highest BCUT2D eigenvalue weighted by atomic mass is 14.6. The van der Waals surface area contributed by atoms with E-state index in [4.69, 9.17) is 5.73 Å². The van der Waals surface area contributed by atoms with E-state index in [9.17, 15) is 0 Å². The van der Waals surface area contributed by atoms with E-state index in [1.807, 2.05) is 0 Å². The zero-order valence-electron chi connectivity index (χ0n) is 10.5. The third-order valence-electron chi connectivity index (χ3n) is 2.62. The Kier molecular flexibility index (Phi) is 6.90. The van der Waals surface area contributed by atoms with Crippen molar-refractivity contribution in [3.05, 3.63) is 11.6 Å². The fourth-order valence-electron chi connectivity index (χ4n) is 1.39. The lowest BCUT2D eigenvalue weighted by Crippen LogP contribution is -2.20. The first-order valence-corrected chi connectivity index (χ1v) is 5.91. The Morgan fingerprint density at radius 1 is 1.21 bits per heavy atom. The van der Waals surface area contributed by atoms with Crippen molar-refractivity contribution in [1.29, 1.82) is 0 Å². The van der Waals surface area contributed by atoms with E-state index in [0.29, 0.717) is 12.0 Å². The van der Waals surface area contributed by atoms with E-state index in [2.05, 4.69) is 40.7 Å². The van der Waals surface area contributed by atoms with Gasteiger partial charge in [-0.05, 0) is 31.1 Å². The molecular formula is C13H27N. The SMILES string of the molecule is CCC(N)C/C(=C/CC(C)C)C(C)C. The maximum Gasteiger partial charge on any atom is 0.00735 e. The Morgan fingerprint density at radius 2 is 1.79 bits per heavy atom. The number of nitrogens with two attached hydrogens (primary N) is 1. The van der Waals surface area contributed by atoms with Gasteiger partial charge >= 0.3 is 0 Å². The van der Waals surface area contributed by atoms with Crippen LogP contribution >= 0.6 is 0 Å². The molecule has 1 atom stereocenters. The van der Waals surface area contributed by atoms with Crippen molar-refractivity contribution in [2.45, 2.75) is 59.9 Å². The summed E-state index contributed by atoms with van der Waals surface area (Å²) in [5, 5.41) is 0. The van der Waals surface area contributed by atoms with Gasteiger partial charge in [0.05, 0.1) is 0 Å². The van der Waals surface area contributed by atoms with Gasteiger partial charge in [0.2, 0.25) is 0 Å². The topological polar surface area (TPSA) is 26.0 Å². The highest BCUT2D eigenvalue weighted by Gasteiger charge is 2.07. The minimum Gasteiger partial charge on any atom is -0.327 e. The molecule has 0 aromatic rings. The lowest BCUT2D eigenvalue weighted by Gasteiger charge is -2.16. The second-order valence-corrected chi connectivity index (χ2v) is 4.94. The third kappa shape index (κ3) is 6.20. The van der Waals surface area contributed by atoms with Crippen LogP contribution in [-0.2, 0) is 0 Å². The number of allylic oxidation sites excluding steroid dienone is 1. The smallest absolute Gasteiger partial charge is 0.00735 e. The summed E-state index contributed by atoms with van der Waals surface area (Å²) in [7, 11) is 0. The first kappa shape index (κ1) is 13.7. The zero-order chi connectivity index (χ0) is 11.1. The summed E-state index contributed by atoms with van der Waals surface area (Å²) in [6.45, 7) is 11.2. The molecule has 0 aromatic heterocycles. The monoisotopic (exact) mass is 197 g/mol. The largest absolute Gasteiger partial charge is 0.327 e. The molecule has 0 rings (SSSR count). The van der Waals surface area contributed by atoms with Crippen molar-refractivity contribution in [3.63, 3.8) is 0 Å². The van der Waals surface area contributed by atoms with E-state index in [1.165, 1.54) is 12.0 Å². The van der Waals surface area contributed by atoms with Crippen LogP contribution in [0.3, 0.4) is 0 Å². The normalized spacial score (nSPS) is 15.3. The van der Waals surface area contributed by atoms with Gasteiger partial charge in [-0.15, -0.1) is 0 Å². The molecule has 0 radical (unpaired) electrons. The van der Waals surface area contributed by atoms with Gasteiger partial charge < -0.3 is 5.73 Å². The van der Waals surface area contributed by atoms with E-state index in [0.717, 1.165) is 18.8 Å². The highest BCUT2D eigenvalue weighted by Crippen LogP contribution is 2.18. The van der Waals surface area contributed by atoms with Gasteiger partial charge in [0.1, 0.15) is 0 Å². The predicted molar refractivity (Wildman–Crippen MR) is 65.3 cm³/mol. The standard InChI is InChI=1S/C13H27N/c1-6-13(14)9-12(11(4)5)8-7-10(2)3/h8,10-11,13H,6-7,9,14H2,1-5H3/b12-8-. The van der Waals surface area contributed by atoms with Crippen LogP contribution in [0.2, 0.25) is 0 Å². The summed E-state index contributed by atoms with van der Waals surface area (Å²) in [4.78, 5) is 0. The molecule has 1 heteroatoms. The minimum absolute atomic E-state index is 0.343. The van der Waals surface area contributed by atoms with Gasteiger partial charge in [-0.2, -0.15) is 0 Å². The number of hydrogen-bond acceptors (Lipinski definition) is 1. The van der Waals surface area contributed by atoms with Crippen molar-refractivity contribution >= 4 is 0 Å². The summed E-state index contributed by atoms with van der Waals surface area (Å²) in [6, 6.07) is 0.343. The van der Waals surface area contributed by atoms with Crippen LogP contribution in [0.15, 0.2) is 11.6 Å². The molecule has 1 nitrogen and oxygen atoms in total. The molecule has 0 fully saturated rings. The third-order valence-corrected chi connectivity index (χ3v) is 2.62. The van der Waals surface area contributed by atoms with Crippen LogP contribution in [0.4, 0.5) is 0 Å². The minimum atomic E-state index is 0.343. The van der Waals surface area contributed by atoms with Crippen LogP contribution in [-0.4, -0.2) is 6.04 Å². The average molecular weight is 197 g/mol. The molecule has 14 heavy (non-hydrogen) atoms. The zero-order valence-corrected chi connectivity index (χ0v) is 10.5. The molecule has 0 aliphatic carbocycles. The Morgan fingerprint density at radius 3 is 2.14 bits per heavy atom. The molecule has 0 amide bonds. The number of hydrogen-bond donors (Lipinski definition) is 1. The Bertz CT molecular complexity index is 168. The van der Waals surface area contributed by atoms with Crippen molar-refractivity contribution in [2.24, 2.45) is 17.6 Å². The fourth-order valence-corrected chi connectivity index (χ4v) is 1.39. The lowest BCUT2D eigenvalue weighted by atomic mass is 9.93. The molecule has 2 N–H and O–H groups in total. The van der Waals surface area contributed by atoms with Crippen LogP contribution in [0.25, 0.3) is 0 Å². The van der Waals surface area contributed by atoms with E-state index < -0.39 is 0 Å². The van der Waals surface area contributed by atoms with Crippen LogP contribution in [0.1, 0.15) is 53.9 Å². The molecule has 0 aliphatic heterocycles. The van der Waals surface area contributed by atoms with Gasteiger partial charge in [-0.25, -0.2) is 0 Å². The summed E-state index contributed by atoms with van der Waals surface area (Å²) >= 11 is 0. The van der Waals surface area contributed by atoms with Crippen molar-refractivity contribution in [3.8, 4) is 0 Å². The first-order chi connectivity index (χ1) is 6.47. The molecule has 0 saturated heterocycles. The molecule has 0 aliphatic rings. The van der Waals surface area contributed by atoms with Gasteiger partial charge in [-0.1, -0.05) is 46.3 Å². The van der Waals surface area contributed by atoms with E-state index in [1.54, 1.807) is 0 Å². The average Bonchev–Trinajstić information content (AvgIpc) is 2.10.